The van der Waals surface area contributed by atoms with E-state index in [1.54, 1.807) is 13.0 Å². The molecule has 8 heteroatoms. The molecule has 0 radical (unpaired) electrons. The number of rotatable bonds is 6. The van der Waals surface area contributed by atoms with E-state index in [9.17, 15) is 9.59 Å². The van der Waals surface area contributed by atoms with Crippen molar-refractivity contribution in [1.29, 1.82) is 0 Å². The smallest absolute Gasteiger partial charge is 0.309 e. The van der Waals surface area contributed by atoms with Gasteiger partial charge in [-0.2, -0.15) is 20.5 Å². The number of carbonyl (C=O) groups is 2. The van der Waals surface area contributed by atoms with Crippen LogP contribution in [0.2, 0.25) is 0 Å². The van der Waals surface area contributed by atoms with Gasteiger partial charge in [0.1, 0.15) is 11.0 Å². The number of nitrogens with one attached hydrogen (secondary N) is 1. The van der Waals surface area contributed by atoms with E-state index in [1.165, 1.54) is 18.9 Å². The van der Waals surface area contributed by atoms with E-state index >= 15 is 0 Å². The summed E-state index contributed by atoms with van der Waals surface area (Å²) in [5.41, 5.74) is 2.13. The summed E-state index contributed by atoms with van der Waals surface area (Å²) in [7, 11) is 1.36. The van der Waals surface area contributed by atoms with E-state index < -0.39 is 0 Å². The first-order valence-corrected chi connectivity index (χ1v) is 8.17. The summed E-state index contributed by atoms with van der Waals surface area (Å²) in [6, 6.07) is 5.47. The summed E-state index contributed by atoms with van der Waals surface area (Å²) in [5, 5.41) is 2.82. The molecule has 2 rings (SSSR count). The molecule has 1 aromatic heterocycles. The van der Waals surface area contributed by atoms with Crippen molar-refractivity contribution in [3.8, 4) is 0 Å². The molecule has 112 valence electrons. The molecular formula is C13H15N3O3S2. The lowest BCUT2D eigenvalue weighted by atomic mass is 10.2. The summed E-state index contributed by atoms with van der Waals surface area (Å²) in [6.07, 6.45) is 0. The fourth-order valence-corrected chi connectivity index (χ4v) is 3.11. The van der Waals surface area contributed by atoms with Gasteiger partial charge in [-0.3, -0.25) is 9.59 Å². The second kappa shape index (κ2) is 7.37. The average Bonchev–Trinajstić information content (AvgIpc) is 2.95. The Morgan fingerprint density at radius 1 is 1.43 bits per heavy atom. The fraction of sp³-hybridized carbons (Fsp3) is 0.385. The van der Waals surface area contributed by atoms with Gasteiger partial charge >= 0.3 is 5.97 Å². The molecule has 0 bridgehead atoms. The second-order valence-corrected chi connectivity index (χ2v) is 5.98. The summed E-state index contributed by atoms with van der Waals surface area (Å²) in [5.74, 6) is 0.204. The molecule has 1 unspecified atom stereocenters. The normalized spacial score (nSPS) is 12.1. The molecule has 0 aliphatic carbocycles. The van der Waals surface area contributed by atoms with Gasteiger partial charge in [0.2, 0.25) is 5.91 Å². The van der Waals surface area contributed by atoms with Crippen LogP contribution in [0.1, 0.15) is 6.92 Å². The Bertz CT molecular complexity index is 644. The van der Waals surface area contributed by atoms with Gasteiger partial charge < -0.3 is 10.1 Å². The molecule has 1 heterocycles. The number of methoxy groups -OCH3 is 1. The highest BCUT2D eigenvalue weighted by atomic mass is 32.2. The highest BCUT2D eigenvalue weighted by Crippen LogP contribution is 2.21. The van der Waals surface area contributed by atoms with Crippen LogP contribution < -0.4 is 5.32 Å². The van der Waals surface area contributed by atoms with Crippen molar-refractivity contribution in [1.82, 2.24) is 8.75 Å². The number of esters is 1. The Morgan fingerprint density at radius 3 is 3.00 bits per heavy atom. The van der Waals surface area contributed by atoms with Crippen LogP contribution in [0.4, 0.5) is 5.69 Å². The van der Waals surface area contributed by atoms with Crippen LogP contribution in [0.25, 0.3) is 11.0 Å². The molecule has 0 aliphatic rings. The standard InChI is InChI=1S/C13H15N3O3S2/c1-8(13(18)19-2)6-20-7-11(17)14-9-4-3-5-10-12(9)16-21-15-10/h3-5,8H,6-7H2,1-2H3,(H,14,17). The number of fused-ring (bicyclic) bond motifs is 1. The molecule has 0 saturated carbocycles. The van der Waals surface area contributed by atoms with E-state index in [-0.39, 0.29) is 23.5 Å². The van der Waals surface area contributed by atoms with Gasteiger partial charge in [-0.15, -0.1) is 0 Å². The summed E-state index contributed by atoms with van der Waals surface area (Å²) < 4.78 is 12.9. The number of thioether (sulfide) groups is 1. The minimum absolute atomic E-state index is 0.127. The molecule has 0 aliphatic heterocycles. The Hall–Kier alpha value is -1.67. The highest BCUT2D eigenvalue weighted by molar-refractivity contribution is 8.00. The number of hydrogen-bond acceptors (Lipinski definition) is 7. The van der Waals surface area contributed by atoms with Gasteiger partial charge in [0.05, 0.1) is 36.2 Å². The van der Waals surface area contributed by atoms with Crippen molar-refractivity contribution < 1.29 is 14.3 Å². The fourth-order valence-electron chi connectivity index (χ4n) is 1.69. The maximum Gasteiger partial charge on any atom is 0.309 e. The Balaban J connectivity index is 1.85. The van der Waals surface area contributed by atoms with Gasteiger partial charge in [-0.1, -0.05) is 13.0 Å². The average molecular weight is 325 g/mol. The largest absolute Gasteiger partial charge is 0.469 e. The number of nitrogens with zero attached hydrogens (tertiary/aromatic N) is 2. The zero-order valence-electron chi connectivity index (χ0n) is 11.7. The van der Waals surface area contributed by atoms with E-state index in [0.717, 1.165) is 17.2 Å². The van der Waals surface area contributed by atoms with E-state index in [0.29, 0.717) is 17.0 Å². The lowest BCUT2D eigenvalue weighted by Crippen LogP contribution is -2.18. The maximum atomic E-state index is 11.9. The van der Waals surface area contributed by atoms with Gasteiger partial charge in [0.15, 0.2) is 0 Å². The van der Waals surface area contributed by atoms with Gasteiger partial charge in [0.25, 0.3) is 0 Å². The van der Waals surface area contributed by atoms with E-state index in [4.69, 9.17) is 0 Å². The van der Waals surface area contributed by atoms with Gasteiger partial charge in [-0.05, 0) is 12.1 Å². The van der Waals surface area contributed by atoms with E-state index in [2.05, 4.69) is 18.8 Å². The minimum Gasteiger partial charge on any atom is -0.469 e. The van der Waals surface area contributed by atoms with Crippen molar-refractivity contribution in [2.45, 2.75) is 6.92 Å². The number of carbonyl (C=O) groups excluding carboxylic acids is 2. The lowest BCUT2D eigenvalue weighted by molar-refractivity contribution is -0.144. The molecule has 1 aromatic carbocycles. The number of ether oxygens (including phenoxy) is 1. The monoisotopic (exact) mass is 325 g/mol. The molecule has 1 amide bonds. The predicted molar refractivity (Wildman–Crippen MR) is 84.5 cm³/mol. The van der Waals surface area contributed by atoms with Crippen LogP contribution in [0.5, 0.6) is 0 Å². The van der Waals surface area contributed by atoms with Crippen molar-refractivity contribution in [2.24, 2.45) is 5.92 Å². The Kier molecular flexibility index (Phi) is 5.51. The third-order valence-electron chi connectivity index (χ3n) is 2.76. The molecule has 6 nitrogen and oxygen atoms in total. The third-order valence-corrected chi connectivity index (χ3v) is 4.51. The van der Waals surface area contributed by atoms with Crippen molar-refractivity contribution in [3.63, 3.8) is 0 Å². The minimum atomic E-state index is -0.263. The molecule has 0 fully saturated rings. The SMILES string of the molecule is COC(=O)C(C)CSCC(=O)Nc1cccc2nsnc12. The summed E-state index contributed by atoms with van der Waals surface area (Å²) >= 11 is 2.51. The second-order valence-electron chi connectivity index (χ2n) is 4.43. The molecule has 21 heavy (non-hydrogen) atoms. The lowest BCUT2D eigenvalue weighted by Gasteiger charge is -2.09. The Morgan fingerprint density at radius 2 is 2.24 bits per heavy atom. The number of aromatic nitrogens is 2. The first-order valence-electron chi connectivity index (χ1n) is 6.28. The highest BCUT2D eigenvalue weighted by Gasteiger charge is 2.14. The molecule has 0 spiro atoms. The first-order chi connectivity index (χ1) is 10.1. The van der Waals surface area contributed by atoms with Crippen LogP contribution in [0.3, 0.4) is 0 Å². The summed E-state index contributed by atoms with van der Waals surface area (Å²) in [4.78, 5) is 23.2. The van der Waals surface area contributed by atoms with Gasteiger partial charge in [0, 0.05) is 5.75 Å². The maximum absolute atomic E-state index is 11.9. The van der Waals surface area contributed by atoms with Crippen LogP contribution in [-0.2, 0) is 14.3 Å². The van der Waals surface area contributed by atoms with Crippen LogP contribution in [-0.4, -0.2) is 39.2 Å². The van der Waals surface area contributed by atoms with Crippen LogP contribution >= 0.6 is 23.5 Å². The molecule has 1 N–H and O–H groups in total. The Labute approximate surface area is 130 Å². The zero-order chi connectivity index (χ0) is 15.2. The molecular weight excluding hydrogens is 310 g/mol. The number of hydrogen-bond donors (Lipinski definition) is 1. The van der Waals surface area contributed by atoms with Gasteiger partial charge in [-0.25, -0.2) is 0 Å². The summed E-state index contributed by atoms with van der Waals surface area (Å²) in [6.45, 7) is 1.78. The first kappa shape index (κ1) is 15.7. The number of amides is 1. The van der Waals surface area contributed by atoms with Crippen LogP contribution in [0.15, 0.2) is 18.2 Å². The number of anilines is 1. The number of benzene rings is 1. The van der Waals surface area contributed by atoms with Crippen molar-refractivity contribution in [2.75, 3.05) is 23.9 Å². The molecule has 0 saturated heterocycles. The van der Waals surface area contributed by atoms with Crippen LogP contribution in [0, 0.1) is 5.92 Å². The van der Waals surface area contributed by atoms with Crippen molar-refractivity contribution >= 4 is 52.1 Å². The third kappa shape index (κ3) is 4.15. The topological polar surface area (TPSA) is 81.2 Å². The van der Waals surface area contributed by atoms with Crippen molar-refractivity contribution in [3.05, 3.63) is 18.2 Å². The zero-order valence-corrected chi connectivity index (χ0v) is 13.3. The molecule has 1 atom stereocenters. The quantitative estimate of drug-likeness (QED) is 0.820. The van der Waals surface area contributed by atoms with E-state index in [1.807, 2.05) is 12.1 Å². The molecule has 2 aromatic rings. The predicted octanol–water partition coefficient (Wildman–Crippen LogP) is 2.17.